The number of ether oxygens (including phenoxy) is 1. The van der Waals surface area contributed by atoms with Crippen LogP contribution in [-0.4, -0.2) is 17.5 Å². The number of anilines is 1. The van der Waals surface area contributed by atoms with Crippen LogP contribution in [0.5, 0.6) is 5.75 Å². The van der Waals surface area contributed by atoms with Crippen molar-refractivity contribution in [3.63, 3.8) is 0 Å². The van der Waals surface area contributed by atoms with Crippen molar-refractivity contribution in [2.45, 2.75) is 20.8 Å². The molecule has 4 nitrogen and oxygen atoms in total. The summed E-state index contributed by atoms with van der Waals surface area (Å²) in [5, 5.41) is 3.48. The molecule has 1 amide bonds. The van der Waals surface area contributed by atoms with Crippen LogP contribution in [0.25, 0.3) is 10.2 Å². The molecule has 1 heterocycles. The zero-order chi connectivity index (χ0) is 16.4. The molecular weight excluding hydrogens is 308 g/mol. The average molecular weight is 326 g/mol. The van der Waals surface area contributed by atoms with Crippen molar-refractivity contribution in [1.82, 2.24) is 4.98 Å². The molecule has 5 heteroatoms. The van der Waals surface area contributed by atoms with Gasteiger partial charge in [-0.2, -0.15) is 0 Å². The fourth-order valence-corrected chi connectivity index (χ4v) is 3.27. The van der Waals surface area contributed by atoms with Crippen LogP contribution in [0.15, 0.2) is 36.4 Å². The van der Waals surface area contributed by atoms with Gasteiger partial charge in [-0.1, -0.05) is 35.1 Å². The summed E-state index contributed by atoms with van der Waals surface area (Å²) in [5.74, 6) is 0.608. The predicted octanol–water partition coefficient (Wildman–Crippen LogP) is 4.56. The minimum atomic E-state index is -0.136. The van der Waals surface area contributed by atoms with E-state index in [2.05, 4.69) is 10.3 Å². The molecule has 1 N–H and O–H groups in total. The van der Waals surface area contributed by atoms with Crippen molar-refractivity contribution in [3.05, 3.63) is 53.1 Å². The molecule has 0 aliphatic carbocycles. The molecule has 0 radical (unpaired) electrons. The van der Waals surface area contributed by atoms with Crippen molar-refractivity contribution >= 4 is 32.6 Å². The Morgan fingerprint density at radius 3 is 2.87 bits per heavy atom. The molecule has 2 aromatic carbocycles. The first-order chi connectivity index (χ1) is 11.1. The number of aromatic nitrogens is 1. The molecule has 0 bridgehead atoms. The number of rotatable bonds is 4. The van der Waals surface area contributed by atoms with Gasteiger partial charge in [0.2, 0.25) is 0 Å². The van der Waals surface area contributed by atoms with Gasteiger partial charge in [0.05, 0.1) is 11.3 Å². The summed E-state index contributed by atoms with van der Waals surface area (Å²) in [6.45, 7) is 6.43. The number of nitrogens with one attached hydrogen (secondary N) is 1. The third-order valence-electron chi connectivity index (χ3n) is 3.54. The van der Waals surface area contributed by atoms with Crippen LogP contribution in [0.3, 0.4) is 0 Å². The van der Waals surface area contributed by atoms with Gasteiger partial charge in [-0.3, -0.25) is 10.1 Å². The van der Waals surface area contributed by atoms with E-state index in [9.17, 15) is 4.79 Å². The third-order valence-corrected chi connectivity index (χ3v) is 4.48. The number of fused-ring (bicyclic) bond motifs is 1. The fourth-order valence-electron chi connectivity index (χ4n) is 2.39. The predicted molar refractivity (Wildman–Crippen MR) is 94.7 cm³/mol. The van der Waals surface area contributed by atoms with E-state index in [1.54, 1.807) is 0 Å². The lowest BCUT2D eigenvalue weighted by molar-refractivity contribution is 0.102. The lowest BCUT2D eigenvalue weighted by Gasteiger charge is -2.06. The van der Waals surface area contributed by atoms with Gasteiger partial charge >= 0.3 is 0 Å². The number of aryl methyl sites for hydroxylation is 2. The van der Waals surface area contributed by atoms with E-state index in [-0.39, 0.29) is 5.91 Å². The maximum Gasteiger partial charge on any atom is 0.257 e. The van der Waals surface area contributed by atoms with Crippen molar-refractivity contribution in [3.8, 4) is 5.75 Å². The normalized spacial score (nSPS) is 10.7. The molecule has 3 aromatic rings. The topological polar surface area (TPSA) is 51.2 Å². The summed E-state index contributed by atoms with van der Waals surface area (Å²) >= 11 is 1.45. The van der Waals surface area contributed by atoms with E-state index >= 15 is 0 Å². The van der Waals surface area contributed by atoms with Gasteiger partial charge in [-0.05, 0) is 44.5 Å². The summed E-state index contributed by atoms with van der Waals surface area (Å²) in [5.41, 5.74) is 3.47. The van der Waals surface area contributed by atoms with Crippen molar-refractivity contribution in [1.29, 1.82) is 0 Å². The molecule has 0 aliphatic heterocycles. The second kappa shape index (κ2) is 6.38. The Hall–Kier alpha value is -2.40. The zero-order valence-electron chi connectivity index (χ0n) is 13.3. The van der Waals surface area contributed by atoms with Crippen LogP contribution in [0.1, 0.15) is 28.4 Å². The van der Waals surface area contributed by atoms with E-state index < -0.39 is 0 Å². The second-order valence-electron chi connectivity index (χ2n) is 5.33. The number of nitrogens with zero attached hydrogens (tertiary/aromatic N) is 1. The van der Waals surface area contributed by atoms with Gasteiger partial charge in [0.1, 0.15) is 11.3 Å². The highest BCUT2D eigenvalue weighted by molar-refractivity contribution is 7.22. The average Bonchev–Trinajstić information content (AvgIpc) is 2.93. The molecule has 23 heavy (non-hydrogen) atoms. The summed E-state index contributed by atoms with van der Waals surface area (Å²) < 4.78 is 6.58. The molecule has 0 saturated heterocycles. The number of thiazole rings is 1. The number of benzene rings is 2. The van der Waals surface area contributed by atoms with Crippen molar-refractivity contribution in [2.75, 3.05) is 11.9 Å². The van der Waals surface area contributed by atoms with E-state index in [4.69, 9.17) is 4.74 Å². The minimum absolute atomic E-state index is 0.136. The molecule has 118 valence electrons. The van der Waals surface area contributed by atoms with Crippen LogP contribution < -0.4 is 10.1 Å². The molecule has 0 unspecified atom stereocenters. The van der Waals surface area contributed by atoms with Gasteiger partial charge < -0.3 is 4.74 Å². The Morgan fingerprint density at radius 1 is 1.26 bits per heavy atom. The Balaban J connectivity index is 1.91. The third kappa shape index (κ3) is 3.19. The largest absolute Gasteiger partial charge is 0.492 e. The molecule has 0 aliphatic rings. The van der Waals surface area contributed by atoms with Crippen LogP contribution in [0, 0.1) is 13.8 Å². The summed E-state index contributed by atoms with van der Waals surface area (Å²) in [6.07, 6.45) is 0. The number of carbonyl (C=O) groups excluding carboxylic acids is 1. The SMILES string of the molecule is CCOc1cccc2sc(NC(=O)c3cc(C)ccc3C)nc12. The lowest BCUT2D eigenvalue weighted by Crippen LogP contribution is -2.13. The van der Waals surface area contributed by atoms with Crippen molar-refractivity contribution < 1.29 is 9.53 Å². The zero-order valence-corrected chi connectivity index (χ0v) is 14.2. The molecule has 0 saturated carbocycles. The van der Waals surface area contributed by atoms with Gasteiger partial charge in [-0.15, -0.1) is 0 Å². The molecule has 1 aromatic heterocycles. The first kappa shape index (κ1) is 15.5. The second-order valence-corrected chi connectivity index (χ2v) is 6.36. The number of para-hydroxylation sites is 1. The highest BCUT2D eigenvalue weighted by atomic mass is 32.1. The van der Waals surface area contributed by atoms with E-state index in [1.165, 1.54) is 11.3 Å². The first-order valence-electron chi connectivity index (χ1n) is 7.49. The summed E-state index contributed by atoms with van der Waals surface area (Å²) in [7, 11) is 0. The standard InChI is InChI=1S/C18H18N2O2S/c1-4-22-14-6-5-7-15-16(14)19-18(23-15)20-17(21)13-10-11(2)8-9-12(13)3/h5-10H,4H2,1-3H3,(H,19,20,21). The monoisotopic (exact) mass is 326 g/mol. The molecule has 0 fully saturated rings. The van der Waals surface area contributed by atoms with E-state index in [0.717, 1.165) is 27.1 Å². The maximum atomic E-state index is 12.5. The molecule has 0 spiro atoms. The number of hydrogen-bond donors (Lipinski definition) is 1. The van der Waals surface area contributed by atoms with Crippen LogP contribution in [-0.2, 0) is 0 Å². The van der Waals surface area contributed by atoms with Crippen LogP contribution in [0.2, 0.25) is 0 Å². The van der Waals surface area contributed by atoms with Gasteiger partial charge in [-0.25, -0.2) is 4.98 Å². The van der Waals surface area contributed by atoms with Gasteiger partial charge in [0.15, 0.2) is 5.13 Å². The molecule has 0 atom stereocenters. The Kier molecular flexibility index (Phi) is 4.30. The van der Waals surface area contributed by atoms with Gasteiger partial charge in [0, 0.05) is 5.56 Å². The quantitative estimate of drug-likeness (QED) is 0.764. The Labute approximate surface area is 139 Å². The smallest absolute Gasteiger partial charge is 0.257 e. The minimum Gasteiger partial charge on any atom is -0.492 e. The fraction of sp³-hybridized carbons (Fsp3) is 0.222. The Morgan fingerprint density at radius 2 is 2.09 bits per heavy atom. The van der Waals surface area contributed by atoms with Crippen LogP contribution >= 0.6 is 11.3 Å². The molecular formula is C18H18N2O2S. The number of amides is 1. The number of carbonyl (C=O) groups is 1. The highest BCUT2D eigenvalue weighted by Gasteiger charge is 2.14. The summed E-state index contributed by atoms with van der Waals surface area (Å²) in [6, 6.07) is 11.6. The summed E-state index contributed by atoms with van der Waals surface area (Å²) in [4.78, 5) is 17.0. The number of hydrogen-bond acceptors (Lipinski definition) is 4. The van der Waals surface area contributed by atoms with Crippen molar-refractivity contribution in [2.24, 2.45) is 0 Å². The lowest BCUT2D eigenvalue weighted by atomic mass is 10.1. The first-order valence-corrected chi connectivity index (χ1v) is 8.31. The van der Waals surface area contributed by atoms with Gasteiger partial charge in [0.25, 0.3) is 5.91 Å². The molecule has 3 rings (SSSR count). The highest BCUT2D eigenvalue weighted by Crippen LogP contribution is 2.32. The maximum absolute atomic E-state index is 12.5. The Bertz CT molecular complexity index is 871. The van der Waals surface area contributed by atoms with E-state index in [0.29, 0.717) is 17.3 Å². The van der Waals surface area contributed by atoms with Crippen LogP contribution in [0.4, 0.5) is 5.13 Å². The van der Waals surface area contributed by atoms with E-state index in [1.807, 2.05) is 57.2 Å².